The van der Waals surface area contributed by atoms with E-state index in [2.05, 4.69) is 31.1 Å². The van der Waals surface area contributed by atoms with Crippen molar-refractivity contribution in [3.05, 3.63) is 53.2 Å². The van der Waals surface area contributed by atoms with Crippen molar-refractivity contribution in [1.29, 1.82) is 0 Å². The minimum atomic E-state index is -0.0487. The van der Waals surface area contributed by atoms with Crippen molar-refractivity contribution in [2.45, 2.75) is 40.5 Å². The van der Waals surface area contributed by atoms with Crippen LogP contribution in [0, 0.1) is 20.8 Å². The fourth-order valence-electron chi connectivity index (χ4n) is 3.01. The first-order chi connectivity index (χ1) is 13.9. The van der Waals surface area contributed by atoms with Crippen LogP contribution in [-0.2, 0) is 11.2 Å². The van der Waals surface area contributed by atoms with E-state index in [1.807, 2.05) is 58.0 Å². The van der Waals surface area contributed by atoms with E-state index in [9.17, 15) is 4.79 Å². The SMILES string of the molecule is CCNc1cc(Nc2ccc(NC(=O)CCc3c(C)noc3C)cc2)nc(C)n1. The summed E-state index contributed by atoms with van der Waals surface area (Å²) in [6.07, 6.45) is 0.976. The zero-order valence-corrected chi connectivity index (χ0v) is 17.2. The first kappa shape index (κ1) is 20.3. The highest BCUT2D eigenvalue weighted by molar-refractivity contribution is 5.91. The molecule has 0 radical (unpaired) electrons. The van der Waals surface area contributed by atoms with E-state index in [0.29, 0.717) is 24.5 Å². The van der Waals surface area contributed by atoms with Crippen molar-refractivity contribution in [2.75, 3.05) is 22.5 Å². The summed E-state index contributed by atoms with van der Waals surface area (Å²) in [5.74, 6) is 2.90. The Kier molecular flexibility index (Phi) is 6.43. The standard InChI is InChI=1S/C21H26N6O2/c1-5-22-19-12-20(24-15(4)23-19)25-16-6-8-17(9-7-16)26-21(28)11-10-18-13(2)27-29-14(18)3/h6-9,12H,5,10-11H2,1-4H3,(H,26,28)(H2,22,23,24,25). The van der Waals surface area contributed by atoms with Gasteiger partial charge < -0.3 is 20.5 Å². The molecule has 3 N–H and O–H groups in total. The number of benzene rings is 1. The number of anilines is 4. The van der Waals surface area contributed by atoms with E-state index < -0.39 is 0 Å². The van der Waals surface area contributed by atoms with Gasteiger partial charge in [0, 0.05) is 36.0 Å². The van der Waals surface area contributed by atoms with Gasteiger partial charge in [-0.2, -0.15) is 0 Å². The summed E-state index contributed by atoms with van der Waals surface area (Å²) >= 11 is 0. The molecule has 0 unspecified atom stereocenters. The molecule has 0 aliphatic rings. The molecule has 0 aliphatic heterocycles. The van der Waals surface area contributed by atoms with E-state index in [-0.39, 0.29) is 5.91 Å². The molecule has 1 amide bonds. The Morgan fingerprint density at radius 3 is 2.38 bits per heavy atom. The molecule has 1 aromatic carbocycles. The van der Waals surface area contributed by atoms with Gasteiger partial charge in [-0.25, -0.2) is 9.97 Å². The third kappa shape index (κ3) is 5.54. The number of nitrogens with one attached hydrogen (secondary N) is 3. The maximum atomic E-state index is 12.2. The maximum Gasteiger partial charge on any atom is 0.224 e. The topological polar surface area (TPSA) is 105 Å². The van der Waals surface area contributed by atoms with E-state index >= 15 is 0 Å². The Bertz CT molecular complexity index is 962. The fourth-order valence-corrected chi connectivity index (χ4v) is 3.01. The molecule has 8 nitrogen and oxygen atoms in total. The van der Waals surface area contributed by atoms with Crippen LogP contribution in [0.3, 0.4) is 0 Å². The number of hydrogen-bond acceptors (Lipinski definition) is 7. The molecular weight excluding hydrogens is 368 g/mol. The third-order valence-corrected chi connectivity index (χ3v) is 4.42. The minimum absolute atomic E-state index is 0.0487. The second kappa shape index (κ2) is 9.18. The monoisotopic (exact) mass is 394 g/mol. The lowest BCUT2D eigenvalue weighted by Crippen LogP contribution is -2.12. The molecule has 3 aromatic rings. The zero-order chi connectivity index (χ0) is 20.8. The molecule has 0 atom stereocenters. The highest BCUT2D eigenvalue weighted by Crippen LogP contribution is 2.20. The number of rotatable bonds is 8. The molecule has 0 fully saturated rings. The summed E-state index contributed by atoms with van der Waals surface area (Å²) in [7, 11) is 0. The molecule has 0 saturated heterocycles. The van der Waals surface area contributed by atoms with Gasteiger partial charge >= 0.3 is 0 Å². The van der Waals surface area contributed by atoms with Crippen LogP contribution >= 0.6 is 0 Å². The van der Waals surface area contributed by atoms with Crippen LogP contribution in [0.1, 0.15) is 36.2 Å². The average Bonchev–Trinajstić information content (AvgIpc) is 2.99. The number of aryl methyl sites for hydroxylation is 3. The number of nitrogens with zero attached hydrogens (tertiary/aromatic N) is 3. The van der Waals surface area contributed by atoms with Crippen LogP contribution in [0.2, 0.25) is 0 Å². The second-order valence-electron chi connectivity index (χ2n) is 6.77. The molecule has 3 rings (SSSR count). The van der Waals surface area contributed by atoms with Crippen molar-refractivity contribution in [3.8, 4) is 0 Å². The van der Waals surface area contributed by atoms with Crippen molar-refractivity contribution >= 4 is 28.9 Å². The molecule has 0 bridgehead atoms. The highest BCUT2D eigenvalue weighted by atomic mass is 16.5. The van der Waals surface area contributed by atoms with Gasteiger partial charge in [0.2, 0.25) is 5.91 Å². The van der Waals surface area contributed by atoms with E-state index in [0.717, 1.165) is 40.8 Å². The quantitative estimate of drug-likeness (QED) is 0.527. The molecular formula is C21H26N6O2. The Hall–Kier alpha value is -3.42. The van der Waals surface area contributed by atoms with Gasteiger partial charge in [0.1, 0.15) is 23.2 Å². The summed E-state index contributed by atoms with van der Waals surface area (Å²) < 4.78 is 5.13. The molecule has 0 aliphatic carbocycles. The summed E-state index contributed by atoms with van der Waals surface area (Å²) in [5, 5.41) is 13.3. The van der Waals surface area contributed by atoms with Crippen molar-refractivity contribution in [1.82, 2.24) is 15.1 Å². The molecule has 8 heteroatoms. The fraction of sp³-hybridized carbons (Fsp3) is 0.333. The lowest BCUT2D eigenvalue weighted by atomic mass is 10.1. The summed E-state index contributed by atoms with van der Waals surface area (Å²) in [6, 6.07) is 9.37. The predicted molar refractivity (Wildman–Crippen MR) is 114 cm³/mol. The second-order valence-corrected chi connectivity index (χ2v) is 6.77. The van der Waals surface area contributed by atoms with Crippen LogP contribution in [0.25, 0.3) is 0 Å². The van der Waals surface area contributed by atoms with Gasteiger partial charge in [0.05, 0.1) is 5.69 Å². The largest absolute Gasteiger partial charge is 0.370 e. The van der Waals surface area contributed by atoms with Gasteiger partial charge in [0.15, 0.2) is 0 Å². The molecule has 0 spiro atoms. The first-order valence-electron chi connectivity index (χ1n) is 9.63. The Morgan fingerprint density at radius 1 is 1.03 bits per heavy atom. The average molecular weight is 394 g/mol. The van der Waals surface area contributed by atoms with Crippen molar-refractivity contribution < 1.29 is 9.32 Å². The van der Waals surface area contributed by atoms with Crippen LogP contribution in [-0.4, -0.2) is 27.6 Å². The van der Waals surface area contributed by atoms with Gasteiger partial charge in [-0.05, 0) is 58.4 Å². The lowest BCUT2D eigenvalue weighted by Gasteiger charge is -2.10. The Balaban J connectivity index is 1.56. The highest BCUT2D eigenvalue weighted by Gasteiger charge is 2.11. The van der Waals surface area contributed by atoms with Crippen LogP contribution < -0.4 is 16.0 Å². The van der Waals surface area contributed by atoms with E-state index in [1.54, 1.807) is 0 Å². The molecule has 29 heavy (non-hydrogen) atoms. The number of hydrogen-bond donors (Lipinski definition) is 3. The first-order valence-corrected chi connectivity index (χ1v) is 9.63. The van der Waals surface area contributed by atoms with Crippen LogP contribution in [0.5, 0.6) is 0 Å². The van der Waals surface area contributed by atoms with Gasteiger partial charge in [-0.3, -0.25) is 4.79 Å². The number of carbonyl (C=O) groups excluding carboxylic acids is 1. The smallest absolute Gasteiger partial charge is 0.224 e. The van der Waals surface area contributed by atoms with Crippen LogP contribution in [0.15, 0.2) is 34.9 Å². The molecule has 2 aromatic heterocycles. The van der Waals surface area contributed by atoms with Gasteiger partial charge in [-0.1, -0.05) is 5.16 Å². The van der Waals surface area contributed by atoms with Crippen LogP contribution in [0.4, 0.5) is 23.0 Å². The van der Waals surface area contributed by atoms with Crippen molar-refractivity contribution in [2.24, 2.45) is 0 Å². The normalized spacial score (nSPS) is 10.6. The van der Waals surface area contributed by atoms with Gasteiger partial charge in [0.25, 0.3) is 0 Å². The number of carbonyl (C=O) groups is 1. The zero-order valence-electron chi connectivity index (χ0n) is 17.2. The summed E-state index contributed by atoms with van der Waals surface area (Å²) in [6.45, 7) is 8.41. The Morgan fingerprint density at radius 2 is 1.72 bits per heavy atom. The molecule has 2 heterocycles. The molecule has 152 valence electrons. The van der Waals surface area contributed by atoms with Gasteiger partial charge in [-0.15, -0.1) is 0 Å². The third-order valence-electron chi connectivity index (χ3n) is 4.42. The lowest BCUT2D eigenvalue weighted by molar-refractivity contribution is -0.116. The summed E-state index contributed by atoms with van der Waals surface area (Å²) in [5.41, 5.74) is 3.45. The predicted octanol–water partition coefficient (Wildman–Crippen LogP) is 4.14. The Labute approximate surface area is 170 Å². The summed E-state index contributed by atoms with van der Waals surface area (Å²) in [4.78, 5) is 21.0. The maximum absolute atomic E-state index is 12.2. The minimum Gasteiger partial charge on any atom is -0.370 e. The van der Waals surface area contributed by atoms with E-state index in [1.165, 1.54) is 0 Å². The molecule has 0 saturated carbocycles. The number of amides is 1. The number of aromatic nitrogens is 3. The van der Waals surface area contributed by atoms with E-state index in [4.69, 9.17) is 4.52 Å². The van der Waals surface area contributed by atoms with Crippen molar-refractivity contribution in [3.63, 3.8) is 0 Å².